The number of hydrogen-bond donors (Lipinski definition) is 1. The lowest BCUT2D eigenvalue weighted by Gasteiger charge is -2.11. The van der Waals surface area contributed by atoms with Crippen LogP contribution in [0, 0.1) is 12.7 Å². The topological polar surface area (TPSA) is 59.4 Å². The maximum atomic E-state index is 13.4. The number of rotatable bonds is 3. The molecule has 1 aromatic carbocycles. The van der Waals surface area contributed by atoms with Crippen LogP contribution in [0.3, 0.4) is 0 Å². The van der Waals surface area contributed by atoms with Gasteiger partial charge in [-0.3, -0.25) is 4.98 Å². The molecule has 4 nitrogen and oxygen atoms in total. The molecular weight excluding hydrogens is 249 g/mol. The normalized spacial score (nSPS) is 10.3. The van der Waals surface area contributed by atoms with Gasteiger partial charge in [0, 0.05) is 11.3 Å². The summed E-state index contributed by atoms with van der Waals surface area (Å²) >= 11 is 0. The fourth-order valence-corrected chi connectivity index (χ4v) is 1.80. The molecule has 98 valence electrons. The van der Waals surface area contributed by atoms with Crippen molar-refractivity contribution in [3.05, 3.63) is 47.4 Å². The Morgan fingerprint density at radius 2 is 2.05 bits per heavy atom. The summed E-state index contributed by atoms with van der Waals surface area (Å²) in [7, 11) is 1.44. The van der Waals surface area contributed by atoms with Gasteiger partial charge in [-0.2, -0.15) is 0 Å². The molecule has 0 spiro atoms. The number of hydrogen-bond acceptors (Lipinski definition) is 3. The molecule has 2 aromatic rings. The van der Waals surface area contributed by atoms with Gasteiger partial charge in [0.25, 0.3) is 0 Å². The number of methoxy groups -OCH3 is 1. The van der Waals surface area contributed by atoms with Crippen molar-refractivity contribution < 1.29 is 19.0 Å². The van der Waals surface area contributed by atoms with Crippen molar-refractivity contribution in [1.29, 1.82) is 0 Å². The molecule has 0 unspecified atom stereocenters. The Morgan fingerprint density at radius 3 is 2.68 bits per heavy atom. The van der Waals surface area contributed by atoms with Crippen molar-refractivity contribution in [1.82, 2.24) is 4.98 Å². The summed E-state index contributed by atoms with van der Waals surface area (Å²) in [6.07, 6.45) is 0. The molecule has 0 amide bonds. The second-order valence-electron chi connectivity index (χ2n) is 4.00. The minimum absolute atomic E-state index is 0.00880. The summed E-state index contributed by atoms with van der Waals surface area (Å²) in [6.45, 7) is 1.74. The fourth-order valence-electron chi connectivity index (χ4n) is 1.80. The van der Waals surface area contributed by atoms with E-state index >= 15 is 0 Å². The molecular formula is C14H12FNO3. The fraction of sp³-hybridized carbons (Fsp3) is 0.143. The molecule has 0 aliphatic rings. The Balaban J connectivity index is 2.73. The van der Waals surface area contributed by atoms with Crippen molar-refractivity contribution in [2.75, 3.05) is 7.11 Å². The van der Waals surface area contributed by atoms with Crippen LogP contribution in [-0.4, -0.2) is 23.2 Å². The Kier molecular flexibility index (Phi) is 3.46. The molecule has 1 heterocycles. The second-order valence-corrected chi connectivity index (χ2v) is 4.00. The number of carboxylic acid groups (broad SMARTS) is 1. The number of halogens is 1. The van der Waals surface area contributed by atoms with Crippen LogP contribution in [0.1, 0.15) is 16.1 Å². The van der Waals surface area contributed by atoms with E-state index in [0.29, 0.717) is 17.0 Å². The average molecular weight is 261 g/mol. The number of aryl methyl sites for hydroxylation is 1. The first-order valence-corrected chi connectivity index (χ1v) is 5.58. The molecule has 0 radical (unpaired) electrons. The average Bonchev–Trinajstić information content (AvgIpc) is 2.38. The predicted molar refractivity (Wildman–Crippen MR) is 67.9 cm³/mol. The van der Waals surface area contributed by atoms with Crippen LogP contribution in [0.2, 0.25) is 0 Å². The number of pyridine rings is 1. The van der Waals surface area contributed by atoms with Crippen molar-refractivity contribution in [3.63, 3.8) is 0 Å². The van der Waals surface area contributed by atoms with Crippen LogP contribution >= 0.6 is 0 Å². The van der Waals surface area contributed by atoms with E-state index in [-0.39, 0.29) is 11.3 Å². The summed E-state index contributed by atoms with van der Waals surface area (Å²) in [5.74, 6) is -1.22. The maximum absolute atomic E-state index is 13.4. The highest BCUT2D eigenvalue weighted by molar-refractivity contribution is 5.95. The highest BCUT2D eigenvalue weighted by Gasteiger charge is 2.17. The van der Waals surface area contributed by atoms with Gasteiger partial charge in [-0.1, -0.05) is 0 Å². The molecule has 0 atom stereocenters. The minimum Gasteiger partial charge on any atom is -0.496 e. The number of benzene rings is 1. The Bertz CT molecular complexity index is 641. The highest BCUT2D eigenvalue weighted by atomic mass is 19.1. The van der Waals surface area contributed by atoms with Crippen LogP contribution < -0.4 is 4.74 Å². The second kappa shape index (κ2) is 5.06. The SMILES string of the molecule is COc1ccc(F)cc1-c1nc(C)ccc1C(=O)O. The number of ether oxygens (including phenoxy) is 1. The third-order valence-electron chi connectivity index (χ3n) is 2.68. The van der Waals surface area contributed by atoms with Gasteiger partial charge in [0.15, 0.2) is 0 Å². The number of carboxylic acids is 1. The molecule has 2 rings (SSSR count). The summed E-state index contributed by atoms with van der Waals surface area (Å²) < 4.78 is 18.5. The molecule has 0 aliphatic carbocycles. The smallest absolute Gasteiger partial charge is 0.337 e. The lowest BCUT2D eigenvalue weighted by molar-refractivity contribution is 0.0697. The van der Waals surface area contributed by atoms with Crippen molar-refractivity contribution in [2.24, 2.45) is 0 Å². The zero-order chi connectivity index (χ0) is 14.0. The minimum atomic E-state index is -1.12. The largest absolute Gasteiger partial charge is 0.496 e. The van der Waals surface area contributed by atoms with Crippen LogP contribution in [0.5, 0.6) is 5.75 Å². The monoisotopic (exact) mass is 261 g/mol. The predicted octanol–water partition coefficient (Wildman–Crippen LogP) is 2.90. The third kappa shape index (κ3) is 2.54. The van der Waals surface area contributed by atoms with E-state index in [1.54, 1.807) is 13.0 Å². The van der Waals surface area contributed by atoms with E-state index in [9.17, 15) is 14.3 Å². The lowest BCUT2D eigenvalue weighted by atomic mass is 10.0. The van der Waals surface area contributed by atoms with Gasteiger partial charge in [0.1, 0.15) is 11.6 Å². The number of aromatic nitrogens is 1. The van der Waals surface area contributed by atoms with Gasteiger partial charge in [0.2, 0.25) is 0 Å². The van der Waals surface area contributed by atoms with E-state index in [4.69, 9.17) is 4.74 Å². The molecule has 1 N–H and O–H groups in total. The van der Waals surface area contributed by atoms with Gasteiger partial charge < -0.3 is 9.84 Å². The standard InChI is InChI=1S/C14H12FNO3/c1-8-3-5-10(14(17)18)13(16-8)11-7-9(15)4-6-12(11)19-2/h3-7H,1-2H3,(H,17,18). The Hall–Kier alpha value is -2.43. The summed E-state index contributed by atoms with van der Waals surface area (Å²) in [5.41, 5.74) is 1.17. The van der Waals surface area contributed by atoms with E-state index in [0.717, 1.165) is 0 Å². The summed E-state index contributed by atoms with van der Waals surface area (Å²) in [4.78, 5) is 15.4. The lowest BCUT2D eigenvalue weighted by Crippen LogP contribution is -2.03. The maximum Gasteiger partial charge on any atom is 0.337 e. The molecule has 0 fully saturated rings. The molecule has 5 heteroatoms. The zero-order valence-electron chi connectivity index (χ0n) is 10.5. The first kappa shape index (κ1) is 13.0. The highest BCUT2D eigenvalue weighted by Crippen LogP contribution is 2.31. The van der Waals surface area contributed by atoms with Gasteiger partial charge in [-0.25, -0.2) is 9.18 Å². The molecule has 19 heavy (non-hydrogen) atoms. The Labute approximate surface area is 109 Å². The van der Waals surface area contributed by atoms with E-state index in [1.165, 1.54) is 31.4 Å². The number of carbonyl (C=O) groups is 1. The quantitative estimate of drug-likeness (QED) is 0.922. The van der Waals surface area contributed by atoms with Gasteiger partial charge >= 0.3 is 5.97 Å². The summed E-state index contributed by atoms with van der Waals surface area (Å²) in [6, 6.07) is 6.95. The van der Waals surface area contributed by atoms with E-state index < -0.39 is 11.8 Å². The van der Waals surface area contributed by atoms with Crippen LogP contribution in [0.15, 0.2) is 30.3 Å². The first-order valence-electron chi connectivity index (χ1n) is 5.58. The molecule has 0 saturated heterocycles. The van der Waals surface area contributed by atoms with Crippen LogP contribution in [0.25, 0.3) is 11.3 Å². The van der Waals surface area contributed by atoms with E-state index in [2.05, 4.69) is 4.98 Å². The molecule has 0 aliphatic heterocycles. The third-order valence-corrected chi connectivity index (χ3v) is 2.68. The Morgan fingerprint density at radius 1 is 1.32 bits per heavy atom. The van der Waals surface area contributed by atoms with Gasteiger partial charge in [0.05, 0.1) is 18.4 Å². The number of nitrogens with zero attached hydrogens (tertiary/aromatic N) is 1. The van der Waals surface area contributed by atoms with Crippen molar-refractivity contribution >= 4 is 5.97 Å². The van der Waals surface area contributed by atoms with Crippen LogP contribution in [0.4, 0.5) is 4.39 Å². The molecule has 0 saturated carbocycles. The first-order chi connectivity index (χ1) is 9.02. The van der Waals surface area contributed by atoms with Crippen molar-refractivity contribution in [2.45, 2.75) is 6.92 Å². The summed E-state index contributed by atoms with van der Waals surface area (Å²) in [5, 5.41) is 9.18. The molecule has 1 aromatic heterocycles. The van der Waals surface area contributed by atoms with Gasteiger partial charge in [-0.05, 0) is 37.3 Å². The van der Waals surface area contributed by atoms with Crippen LogP contribution in [-0.2, 0) is 0 Å². The van der Waals surface area contributed by atoms with Crippen molar-refractivity contribution in [3.8, 4) is 17.0 Å². The van der Waals surface area contributed by atoms with Gasteiger partial charge in [-0.15, -0.1) is 0 Å². The zero-order valence-corrected chi connectivity index (χ0v) is 10.5. The number of aromatic carboxylic acids is 1. The molecule has 0 bridgehead atoms. The van der Waals surface area contributed by atoms with E-state index in [1.807, 2.05) is 0 Å².